The van der Waals surface area contributed by atoms with Gasteiger partial charge in [0, 0.05) is 31.2 Å². The van der Waals surface area contributed by atoms with Crippen molar-refractivity contribution < 1.29 is 0 Å². The van der Waals surface area contributed by atoms with Crippen LogP contribution in [-0.2, 0) is 6.54 Å². The number of hydrogen-bond acceptors (Lipinski definition) is 5. The van der Waals surface area contributed by atoms with Crippen molar-refractivity contribution in [1.82, 2.24) is 19.7 Å². The molecule has 148 valence electrons. The molecule has 3 aromatic rings. The van der Waals surface area contributed by atoms with Crippen LogP contribution in [0.25, 0.3) is 0 Å². The van der Waals surface area contributed by atoms with Crippen LogP contribution in [-0.4, -0.2) is 45.8 Å². The van der Waals surface area contributed by atoms with Crippen molar-refractivity contribution >= 4 is 28.9 Å². The molecule has 1 aromatic heterocycles. The number of anilines is 1. The van der Waals surface area contributed by atoms with E-state index in [1.54, 1.807) is 18.7 Å². The largest absolute Gasteiger partial charge is 0.361 e. The summed E-state index contributed by atoms with van der Waals surface area (Å²) in [5.41, 5.74) is 2.69. The lowest BCUT2D eigenvalue weighted by Crippen LogP contribution is -2.49. The summed E-state index contributed by atoms with van der Waals surface area (Å²) < 4.78 is 1.85. The molecule has 0 spiro atoms. The van der Waals surface area contributed by atoms with Crippen LogP contribution >= 0.6 is 23.2 Å². The van der Waals surface area contributed by atoms with Gasteiger partial charge in [-0.1, -0.05) is 35.3 Å². The van der Waals surface area contributed by atoms with E-state index in [-0.39, 0.29) is 6.04 Å². The summed E-state index contributed by atoms with van der Waals surface area (Å²) >= 11 is 12.6. The van der Waals surface area contributed by atoms with Gasteiger partial charge in [-0.15, -0.1) is 0 Å². The van der Waals surface area contributed by atoms with E-state index in [0.29, 0.717) is 10.6 Å². The zero-order chi connectivity index (χ0) is 20.2. The van der Waals surface area contributed by atoms with E-state index in [2.05, 4.69) is 38.1 Å². The maximum absolute atomic E-state index is 9.14. The van der Waals surface area contributed by atoms with Crippen molar-refractivity contribution in [2.45, 2.75) is 12.6 Å². The highest BCUT2D eigenvalue weighted by atomic mass is 35.5. The van der Waals surface area contributed by atoms with E-state index >= 15 is 0 Å². The molecule has 1 unspecified atom stereocenters. The lowest BCUT2D eigenvalue weighted by molar-refractivity contribution is 0.213. The second-order valence-electron chi connectivity index (χ2n) is 7.00. The first-order valence-electron chi connectivity index (χ1n) is 9.40. The fraction of sp³-hybridized carbons (Fsp3) is 0.286. The smallest absolute Gasteiger partial charge is 0.137 e. The molecule has 29 heavy (non-hydrogen) atoms. The maximum Gasteiger partial charge on any atom is 0.137 e. The minimum Gasteiger partial charge on any atom is -0.361 e. The van der Waals surface area contributed by atoms with E-state index in [1.807, 2.05) is 28.9 Å². The Morgan fingerprint density at radius 1 is 1.07 bits per heavy atom. The first kappa shape index (κ1) is 19.7. The molecular formula is C21H20Cl2N6. The van der Waals surface area contributed by atoms with Crippen LogP contribution in [0.15, 0.2) is 55.1 Å². The molecule has 0 N–H and O–H groups in total. The third-order valence-corrected chi connectivity index (χ3v) is 5.77. The van der Waals surface area contributed by atoms with Gasteiger partial charge in [0.15, 0.2) is 0 Å². The molecule has 0 saturated carbocycles. The van der Waals surface area contributed by atoms with Crippen molar-refractivity contribution in [1.29, 1.82) is 5.26 Å². The van der Waals surface area contributed by atoms with Gasteiger partial charge in [0.05, 0.1) is 34.9 Å². The van der Waals surface area contributed by atoms with Gasteiger partial charge in [-0.3, -0.25) is 9.58 Å². The zero-order valence-electron chi connectivity index (χ0n) is 15.7. The Labute approximate surface area is 179 Å². The van der Waals surface area contributed by atoms with Crippen LogP contribution in [0.4, 0.5) is 5.69 Å². The van der Waals surface area contributed by atoms with E-state index in [1.165, 1.54) is 5.56 Å². The molecule has 0 aliphatic carbocycles. The molecule has 1 saturated heterocycles. The van der Waals surface area contributed by atoms with Gasteiger partial charge in [-0.25, -0.2) is 4.98 Å². The second-order valence-corrected chi connectivity index (χ2v) is 7.84. The Kier molecular flexibility index (Phi) is 6.00. The molecule has 2 heterocycles. The van der Waals surface area contributed by atoms with Crippen LogP contribution < -0.4 is 4.90 Å². The first-order valence-corrected chi connectivity index (χ1v) is 10.2. The van der Waals surface area contributed by atoms with Crippen molar-refractivity contribution in [3.05, 3.63) is 76.3 Å². The molecular weight excluding hydrogens is 407 g/mol. The van der Waals surface area contributed by atoms with Gasteiger partial charge >= 0.3 is 0 Å². The van der Waals surface area contributed by atoms with Crippen molar-refractivity contribution in [2.24, 2.45) is 0 Å². The Bertz CT molecular complexity index is 997. The molecule has 0 radical (unpaired) electrons. The van der Waals surface area contributed by atoms with Gasteiger partial charge < -0.3 is 4.90 Å². The molecule has 8 heteroatoms. The summed E-state index contributed by atoms with van der Waals surface area (Å²) in [7, 11) is 0. The quantitative estimate of drug-likeness (QED) is 0.616. The molecule has 0 bridgehead atoms. The molecule has 4 rings (SSSR count). The first-order chi connectivity index (χ1) is 14.1. The number of nitrogens with zero attached hydrogens (tertiary/aromatic N) is 6. The normalized spacial score (nSPS) is 17.3. The fourth-order valence-electron chi connectivity index (χ4n) is 3.70. The predicted octanol–water partition coefficient (Wildman–Crippen LogP) is 4.02. The molecule has 1 aliphatic rings. The van der Waals surface area contributed by atoms with E-state index in [0.717, 1.165) is 43.4 Å². The molecule has 1 atom stereocenters. The highest BCUT2D eigenvalue weighted by molar-refractivity contribution is 6.33. The minimum atomic E-state index is 0.127. The van der Waals surface area contributed by atoms with Gasteiger partial charge in [-0.2, -0.15) is 10.4 Å². The highest BCUT2D eigenvalue weighted by Gasteiger charge is 2.29. The Morgan fingerprint density at radius 2 is 1.90 bits per heavy atom. The van der Waals surface area contributed by atoms with Gasteiger partial charge in [0.2, 0.25) is 0 Å². The third kappa shape index (κ3) is 4.54. The van der Waals surface area contributed by atoms with Gasteiger partial charge in [0.1, 0.15) is 12.7 Å². The van der Waals surface area contributed by atoms with Crippen LogP contribution in [0, 0.1) is 11.3 Å². The number of piperazine rings is 1. The van der Waals surface area contributed by atoms with Crippen molar-refractivity contribution in [2.75, 3.05) is 31.1 Å². The summed E-state index contributed by atoms with van der Waals surface area (Å²) in [6.45, 7) is 4.28. The Balaban J connectivity index is 1.58. The SMILES string of the molecule is N#Cc1ccc(N2CCN(CCn3cncn3)CC2c2ccc(Cl)cc2)c(Cl)c1. The Hall–Kier alpha value is -2.59. The number of aromatic nitrogens is 3. The average molecular weight is 427 g/mol. The number of rotatable bonds is 5. The van der Waals surface area contributed by atoms with Crippen LogP contribution in [0.1, 0.15) is 17.2 Å². The fourth-order valence-corrected chi connectivity index (χ4v) is 4.12. The molecule has 6 nitrogen and oxygen atoms in total. The standard InChI is InChI=1S/C21H20Cl2N6/c22-18-4-2-17(3-5-18)21-13-27(7-9-28-15-25-14-26-28)8-10-29(21)20-6-1-16(12-24)11-19(20)23/h1-6,11,14-15,21H,7-10,13H2. The molecule has 0 amide bonds. The summed E-state index contributed by atoms with van der Waals surface area (Å²) in [5.74, 6) is 0. The number of nitriles is 1. The summed E-state index contributed by atoms with van der Waals surface area (Å²) in [6.07, 6.45) is 3.30. The monoisotopic (exact) mass is 426 g/mol. The number of benzene rings is 2. The minimum absolute atomic E-state index is 0.127. The molecule has 1 aliphatic heterocycles. The van der Waals surface area contributed by atoms with E-state index < -0.39 is 0 Å². The summed E-state index contributed by atoms with van der Waals surface area (Å²) in [5, 5.41) is 14.6. The Morgan fingerprint density at radius 3 is 2.59 bits per heavy atom. The molecule has 1 fully saturated rings. The number of halogens is 2. The van der Waals surface area contributed by atoms with Crippen LogP contribution in [0.2, 0.25) is 10.0 Å². The van der Waals surface area contributed by atoms with Crippen LogP contribution in [0.5, 0.6) is 0 Å². The van der Waals surface area contributed by atoms with Gasteiger partial charge in [-0.05, 0) is 35.9 Å². The lowest BCUT2D eigenvalue weighted by Gasteiger charge is -2.43. The van der Waals surface area contributed by atoms with Crippen molar-refractivity contribution in [3.8, 4) is 6.07 Å². The average Bonchev–Trinajstić information content (AvgIpc) is 3.26. The number of hydrogen-bond donors (Lipinski definition) is 0. The second kappa shape index (κ2) is 8.83. The lowest BCUT2D eigenvalue weighted by atomic mass is 10.0. The molecule has 2 aromatic carbocycles. The summed E-state index contributed by atoms with van der Waals surface area (Å²) in [4.78, 5) is 8.75. The van der Waals surface area contributed by atoms with E-state index in [9.17, 15) is 0 Å². The highest BCUT2D eigenvalue weighted by Crippen LogP contribution is 2.36. The van der Waals surface area contributed by atoms with Gasteiger partial charge in [0.25, 0.3) is 0 Å². The predicted molar refractivity (Wildman–Crippen MR) is 114 cm³/mol. The third-order valence-electron chi connectivity index (χ3n) is 5.22. The maximum atomic E-state index is 9.14. The topological polar surface area (TPSA) is 61.0 Å². The summed E-state index contributed by atoms with van der Waals surface area (Å²) in [6, 6.07) is 15.7. The van der Waals surface area contributed by atoms with Crippen LogP contribution in [0.3, 0.4) is 0 Å². The zero-order valence-corrected chi connectivity index (χ0v) is 17.3. The van der Waals surface area contributed by atoms with E-state index in [4.69, 9.17) is 28.5 Å². The van der Waals surface area contributed by atoms with Crippen molar-refractivity contribution in [3.63, 3.8) is 0 Å².